The summed E-state index contributed by atoms with van der Waals surface area (Å²) in [7, 11) is -1.07. The highest BCUT2D eigenvalue weighted by Gasteiger charge is 2.26. The maximum atomic E-state index is 10.7. The molecular weight excluding hydrogens is 339 g/mol. The minimum absolute atomic E-state index is 0.280. The minimum Gasteiger partial charge on any atom is -0.507 e. The highest BCUT2D eigenvalue weighted by molar-refractivity contribution is 7.80. The predicted octanol–water partition coefficient (Wildman–Crippen LogP) is 4.40. The number of hydrogen-bond donors (Lipinski definition) is 2. The molecule has 2 nitrogen and oxygen atoms in total. The molecule has 0 atom stereocenters. The summed E-state index contributed by atoms with van der Waals surface area (Å²) in [6, 6.07) is 15.8. The Hall–Kier alpha value is -2.31. The van der Waals surface area contributed by atoms with Gasteiger partial charge in [-0.2, -0.15) is 0 Å². The molecule has 0 spiro atoms. The molecule has 134 valence electrons. The molecule has 0 radical (unpaired) electrons. The van der Waals surface area contributed by atoms with Gasteiger partial charge in [0.15, 0.2) is 0 Å². The van der Waals surface area contributed by atoms with Crippen LogP contribution in [0.3, 0.4) is 0 Å². The molecule has 0 aliphatic carbocycles. The van der Waals surface area contributed by atoms with Crippen molar-refractivity contribution in [1.82, 2.24) is 0 Å². The van der Waals surface area contributed by atoms with E-state index in [1.165, 1.54) is 22.0 Å². The molecule has 3 heteroatoms. The first-order chi connectivity index (χ1) is 12.3. The van der Waals surface area contributed by atoms with Crippen LogP contribution in [-0.4, -0.2) is 10.2 Å². The van der Waals surface area contributed by atoms with E-state index in [2.05, 4.69) is 32.9 Å². The Kier molecular flexibility index (Phi) is 5.07. The number of phenols is 2. The lowest BCUT2D eigenvalue weighted by Crippen LogP contribution is -2.25. The van der Waals surface area contributed by atoms with Gasteiger partial charge in [-0.1, -0.05) is 41.0 Å². The Bertz CT molecular complexity index is 901. The average molecular weight is 364 g/mol. The third kappa shape index (κ3) is 3.48. The molecule has 0 aliphatic heterocycles. The molecule has 3 aromatic rings. The molecule has 3 rings (SSSR count). The zero-order chi connectivity index (χ0) is 19.0. The molecule has 2 N–H and O–H groups in total. The molecule has 0 amide bonds. The van der Waals surface area contributed by atoms with Crippen LogP contribution in [0.5, 0.6) is 11.5 Å². The Morgan fingerprint density at radius 3 is 1.42 bits per heavy atom. The third-order valence-electron chi connectivity index (χ3n) is 4.60. The number of aromatic hydroxyl groups is 2. The van der Waals surface area contributed by atoms with Gasteiger partial charge in [0.1, 0.15) is 11.5 Å². The van der Waals surface area contributed by atoms with Crippen LogP contribution < -0.4 is 15.9 Å². The highest BCUT2D eigenvalue weighted by atomic mass is 31.1. The van der Waals surface area contributed by atoms with E-state index in [9.17, 15) is 10.2 Å². The summed E-state index contributed by atoms with van der Waals surface area (Å²) in [5.74, 6) is 0.559. The van der Waals surface area contributed by atoms with E-state index in [0.717, 1.165) is 21.7 Å². The van der Waals surface area contributed by atoms with E-state index >= 15 is 0 Å². The van der Waals surface area contributed by atoms with Crippen molar-refractivity contribution >= 4 is 23.8 Å². The predicted molar refractivity (Wildman–Crippen MR) is 112 cm³/mol. The van der Waals surface area contributed by atoms with Crippen LogP contribution in [0.4, 0.5) is 0 Å². The Labute approximate surface area is 156 Å². The first kappa shape index (κ1) is 18.5. The van der Waals surface area contributed by atoms with E-state index < -0.39 is 7.92 Å². The van der Waals surface area contributed by atoms with Crippen molar-refractivity contribution in [3.8, 4) is 11.5 Å². The fourth-order valence-corrected chi connectivity index (χ4v) is 6.37. The standard InChI is InChI=1S/C23H25O2P/c1-14-6-8-19(24)21(12-14)26(22-13-15(2)7-9-20(22)25)23-17(4)10-16(3)11-18(23)5/h6-13,24-25H,1-5H3. The minimum atomic E-state index is -1.07. The van der Waals surface area contributed by atoms with Gasteiger partial charge in [0, 0.05) is 10.6 Å². The van der Waals surface area contributed by atoms with Gasteiger partial charge in [-0.3, -0.25) is 0 Å². The summed E-state index contributed by atoms with van der Waals surface area (Å²) in [5.41, 5.74) is 5.80. The maximum absolute atomic E-state index is 10.7. The van der Waals surface area contributed by atoms with E-state index in [4.69, 9.17) is 0 Å². The van der Waals surface area contributed by atoms with E-state index in [1.807, 2.05) is 38.1 Å². The fourth-order valence-electron chi connectivity index (χ4n) is 3.52. The molecular formula is C23H25O2P. The topological polar surface area (TPSA) is 40.5 Å². The van der Waals surface area contributed by atoms with Crippen molar-refractivity contribution in [2.45, 2.75) is 34.6 Å². The van der Waals surface area contributed by atoms with Crippen LogP contribution in [0.1, 0.15) is 27.8 Å². The zero-order valence-corrected chi connectivity index (χ0v) is 16.9. The van der Waals surface area contributed by atoms with E-state index in [1.54, 1.807) is 12.1 Å². The SMILES string of the molecule is Cc1cc(C)c(P(c2cc(C)ccc2O)c2cc(C)ccc2O)c(C)c1. The lowest BCUT2D eigenvalue weighted by Gasteiger charge is -2.25. The van der Waals surface area contributed by atoms with Crippen LogP contribution in [0.25, 0.3) is 0 Å². The molecule has 0 saturated heterocycles. The number of rotatable bonds is 3. The lowest BCUT2D eigenvalue weighted by molar-refractivity contribution is 0.479. The van der Waals surface area contributed by atoms with Crippen LogP contribution in [0.15, 0.2) is 48.5 Å². The second kappa shape index (κ2) is 7.13. The summed E-state index contributed by atoms with van der Waals surface area (Å²) in [5, 5.41) is 24.3. The summed E-state index contributed by atoms with van der Waals surface area (Å²) < 4.78 is 0. The van der Waals surface area contributed by atoms with Crippen LogP contribution in [-0.2, 0) is 0 Å². The quantitative estimate of drug-likeness (QED) is 0.677. The van der Waals surface area contributed by atoms with E-state index in [-0.39, 0.29) is 11.5 Å². The van der Waals surface area contributed by atoms with Crippen molar-refractivity contribution in [2.75, 3.05) is 0 Å². The molecule has 0 bridgehead atoms. The first-order valence-corrected chi connectivity index (χ1v) is 10.1. The summed E-state index contributed by atoms with van der Waals surface area (Å²) in [6.07, 6.45) is 0. The normalized spacial score (nSPS) is 11.2. The van der Waals surface area contributed by atoms with Gasteiger partial charge < -0.3 is 10.2 Å². The van der Waals surface area contributed by atoms with Crippen molar-refractivity contribution in [1.29, 1.82) is 0 Å². The van der Waals surface area contributed by atoms with Crippen molar-refractivity contribution in [3.05, 3.63) is 76.3 Å². The summed E-state index contributed by atoms with van der Waals surface area (Å²) in [6.45, 7) is 10.4. The average Bonchev–Trinajstić information content (AvgIpc) is 2.56. The monoisotopic (exact) mass is 364 g/mol. The smallest absolute Gasteiger partial charge is 0.123 e. The molecule has 0 fully saturated rings. The van der Waals surface area contributed by atoms with Crippen LogP contribution in [0, 0.1) is 34.6 Å². The summed E-state index contributed by atoms with van der Waals surface area (Å²) in [4.78, 5) is 0. The number of benzene rings is 3. The van der Waals surface area contributed by atoms with E-state index in [0.29, 0.717) is 0 Å². The molecule has 0 unspecified atom stereocenters. The summed E-state index contributed by atoms with van der Waals surface area (Å²) >= 11 is 0. The van der Waals surface area contributed by atoms with Crippen LogP contribution >= 0.6 is 7.92 Å². The fraction of sp³-hybridized carbons (Fsp3) is 0.217. The molecule has 0 heterocycles. The van der Waals surface area contributed by atoms with Gasteiger partial charge in [0.25, 0.3) is 0 Å². The number of phenolic OH excluding ortho intramolecular Hbond substituents is 2. The molecule has 26 heavy (non-hydrogen) atoms. The number of hydrogen-bond acceptors (Lipinski definition) is 2. The van der Waals surface area contributed by atoms with Gasteiger partial charge in [0.2, 0.25) is 0 Å². The lowest BCUT2D eigenvalue weighted by atomic mass is 10.1. The van der Waals surface area contributed by atoms with Crippen LogP contribution in [0.2, 0.25) is 0 Å². The van der Waals surface area contributed by atoms with Gasteiger partial charge in [-0.05, 0) is 83.2 Å². The van der Waals surface area contributed by atoms with Gasteiger partial charge in [-0.25, -0.2) is 0 Å². The Morgan fingerprint density at radius 1 is 0.577 bits per heavy atom. The van der Waals surface area contributed by atoms with Crippen molar-refractivity contribution in [3.63, 3.8) is 0 Å². The Morgan fingerprint density at radius 2 is 1.00 bits per heavy atom. The largest absolute Gasteiger partial charge is 0.507 e. The maximum Gasteiger partial charge on any atom is 0.123 e. The van der Waals surface area contributed by atoms with Gasteiger partial charge >= 0.3 is 0 Å². The van der Waals surface area contributed by atoms with Gasteiger partial charge in [-0.15, -0.1) is 0 Å². The highest BCUT2D eigenvalue weighted by Crippen LogP contribution is 2.41. The molecule has 3 aromatic carbocycles. The molecule has 0 aromatic heterocycles. The second-order valence-electron chi connectivity index (χ2n) is 7.07. The zero-order valence-electron chi connectivity index (χ0n) is 16.0. The molecule has 0 saturated carbocycles. The third-order valence-corrected chi connectivity index (χ3v) is 7.44. The Balaban J connectivity index is 2.38. The number of aryl methyl sites for hydroxylation is 5. The van der Waals surface area contributed by atoms with Gasteiger partial charge in [0.05, 0.1) is 0 Å². The second-order valence-corrected chi connectivity index (χ2v) is 9.15. The van der Waals surface area contributed by atoms with Crippen molar-refractivity contribution in [2.24, 2.45) is 0 Å². The first-order valence-electron chi connectivity index (χ1n) is 8.75. The molecule has 0 aliphatic rings. The van der Waals surface area contributed by atoms with Crippen molar-refractivity contribution < 1.29 is 10.2 Å².